The van der Waals surface area contributed by atoms with Crippen LogP contribution in [-0.2, 0) is 11.3 Å². The second kappa shape index (κ2) is 14.4. The van der Waals surface area contributed by atoms with Crippen molar-refractivity contribution >= 4 is 29.9 Å². The molecule has 0 aliphatic carbocycles. The van der Waals surface area contributed by atoms with Gasteiger partial charge >= 0.3 is 0 Å². The zero-order chi connectivity index (χ0) is 19.3. The molecular formula is C22H32IN3O2. The van der Waals surface area contributed by atoms with Crippen LogP contribution in [0.2, 0.25) is 0 Å². The fourth-order valence-corrected chi connectivity index (χ4v) is 2.63. The van der Waals surface area contributed by atoms with Crippen molar-refractivity contribution in [3.8, 4) is 0 Å². The number of nitrogens with zero attached hydrogens (tertiary/aromatic N) is 1. The van der Waals surface area contributed by atoms with Crippen LogP contribution >= 0.6 is 24.0 Å². The molecule has 0 bridgehead atoms. The van der Waals surface area contributed by atoms with Crippen molar-refractivity contribution in [1.82, 2.24) is 10.6 Å². The number of rotatable bonds is 10. The highest BCUT2D eigenvalue weighted by molar-refractivity contribution is 14.0. The zero-order valence-electron chi connectivity index (χ0n) is 16.7. The third kappa shape index (κ3) is 9.52. The summed E-state index contributed by atoms with van der Waals surface area (Å²) in [6.07, 6.45) is -0.629. The van der Waals surface area contributed by atoms with E-state index in [1.807, 2.05) is 43.3 Å². The van der Waals surface area contributed by atoms with Crippen LogP contribution < -0.4 is 10.6 Å². The van der Waals surface area contributed by atoms with Gasteiger partial charge in [0.1, 0.15) is 0 Å². The summed E-state index contributed by atoms with van der Waals surface area (Å²) in [7, 11) is 0. The molecule has 6 heteroatoms. The van der Waals surface area contributed by atoms with E-state index in [1.54, 1.807) is 0 Å². The Balaban J connectivity index is 0.00000392. The van der Waals surface area contributed by atoms with Gasteiger partial charge in [0.2, 0.25) is 0 Å². The predicted octanol–water partition coefficient (Wildman–Crippen LogP) is 3.54. The molecule has 0 radical (unpaired) electrons. The number of aliphatic imine (C=N–C) groups is 1. The minimum absolute atomic E-state index is 0. The minimum atomic E-state index is -0.629. The van der Waals surface area contributed by atoms with Crippen molar-refractivity contribution in [3.63, 3.8) is 0 Å². The average Bonchev–Trinajstić information content (AvgIpc) is 2.71. The van der Waals surface area contributed by atoms with Gasteiger partial charge < -0.3 is 20.5 Å². The van der Waals surface area contributed by atoms with E-state index >= 15 is 0 Å². The monoisotopic (exact) mass is 497 g/mol. The maximum absolute atomic E-state index is 10.1. The van der Waals surface area contributed by atoms with Crippen molar-refractivity contribution in [2.45, 2.75) is 32.5 Å². The highest BCUT2D eigenvalue weighted by Gasteiger charge is 2.08. The van der Waals surface area contributed by atoms with Gasteiger partial charge in [0.15, 0.2) is 5.96 Å². The third-order valence-electron chi connectivity index (χ3n) is 4.17. The number of hydrogen-bond donors (Lipinski definition) is 3. The molecule has 0 saturated heterocycles. The summed E-state index contributed by atoms with van der Waals surface area (Å²) in [6.45, 7) is 6.80. The molecule has 0 spiro atoms. The van der Waals surface area contributed by atoms with Gasteiger partial charge in [-0.3, -0.25) is 4.99 Å². The normalized spacial score (nSPS) is 13.3. The van der Waals surface area contributed by atoms with Gasteiger partial charge in [-0.15, -0.1) is 24.0 Å². The maximum Gasteiger partial charge on any atom is 0.191 e. The predicted molar refractivity (Wildman–Crippen MR) is 126 cm³/mol. The van der Waals surface area contributed by atoms with Crippen molar-refractivity contribution in [2.75, 3.05) is 26.2 Å². The van der Waals surface area contributed by atoms with Crippen LogP contribution in [0, 0.1) is 0 Å². The van der Waals surface area contributed by atoms with Crippen molar-refractivity contribution in [3.05, 3.63) is 71.8 Å². The van der Waals surface area contributed by atoms with Crippen LogP contribution in [-0.4, -0.2) is 43.4 Å². The van der Waals surface area contributed by atoms with Gasteiger partial charge in [-0.2, -0.15) is 0 Å². The molecule has 0 aliphatic heterocycles. The second-order valence-corrected chi connectivity index (χ2v) is 6.57. The standard InChI is InChI=1S/C22H31N3O2.HI/c1-3-23-22(24-14-18(2)20-12-8-5-9-13-20)25-15-21(26)17-27-16-19-10-6-4-7-11-19;/h4-13,18,21,26H,3,14-17H2,1-2H3,(H2,23,24,25);1H. The Hall–Kier alpha value is -1.64. The van der Waals surface area contributed by atoms with Crippen LogP contribution in [0.25, 0.3) is 0 Å². The quantitative estimate of drug-likeness (QED) is 0.267. The van der Waals surface area contributed by atoms with Crippen LogP contribution in [0.3, 0.4) is 0 Å². The lowest BCUT2D eigenvalue weighted by Crippen LogP contribution is -2.39. The highest BCUT2D eigenvalue weighted by Crippen LogP contribution is 2.12. The number of hydrogen-bond acceptors (Lipinski definition) is 3. The largest absolute Gasteiger partial charge is 0.389 e. The summed E-state index contributed by atoms with van der Waals surface area (Å²) in [5.74, 6) is 1.08. The molecule has 0 amide bonds. The maximum atomic E-state index is 10.1. The van der Waals surface area contributed by atoms with Gasteiger partial charge in [-0.05, 0) is 24.0 Å². The van der Waals surface area contributed by atoms with Crippen LogP contribution in [0.15, 0.2) is 65.7 Å². The highest BCUT2D eigenvalue weighted by atomic mass is 127. The Bertz CT molecular complexity index is 668. The molecule has 0 saturated carbocycles. The number of ether oxygens (including phenoxy) is 1. The Morgan fingerprint density at radius 3 is 2.32 bits per heavy atom. The Kier molecular flexibility index (Phi) is 12.5. The topological polar surface area (TPSA) is 65.9 Å². The van der Waals surface area contributed by atoms with Gasteiger partial charge in [0.25, 0.3) is 0 Å². The number of nitrogens with one attached hydrogen (secondary N) is 2. The van der Waals surface area contributed by atoms with Crippen molar-refractivity contribution in [2.24, 2.45) is 4.99 Å². The Morgan fingerprint density at radius 2 is 1.68 bits per heavy atom. The molecule has 0 heterocycles. The summed E-state index contributed by atoms with van der Waals surface area (Å²) in [6, 6.07) is 20.3. The molecule has 2 atom stereocenters. The molecule has 3 N–H and O–H groups in total. The number of halogens is 1. The first-order valence-electron chi connectivity index (χ1n) is 9.56. The van der Waals surface area contributed by atoms with Crippen LogP contribution in [0.5, 0.6) is 0 Å². The van der Waals surface area contributed by atoms with Gasteiger partial charge in [-0.25, -0.2) is 0 Å². The van der Waals surface area contributed by atoms with E-state index in [4.69, 9.17) is 4.74 Å². The summed E-state index contributed by atoms with van der Waals surface area (Å²) in [4.78, 5) is 4.47. The number of aliphatic hydroxyl groups is 1. The molecule has 2 aromatic rings. The minimum Gasteiger partial charge on any atom is -0.389 e. The zero-order valence-corrected chi connectivity index (χ0v) is 19.0. The molecule has 0 fully saturated rings. The molecule has 5 nitrogen and oxygen atoms in total. The average molecular weight is 497 g/mol. The smallest absolute Gasteiger partial charge is 0.191 e. The summed E-state index contributed by atoms with van der Waals surface area (Å²) < 4.78 is 5.57. The van der Waals surface area contributed by atoms with E-state index in [-0.39, 0.29) is 30.6 Å². The lowest BCUT2D eigenvalue weighted by molar-refractivity contribution is 0.0331. The van der Waals surface area contributed by atoms with E-state index in [0.29, 0.717) is 25.0 Å². The van der Waals surface area contributed by atoms with E-state index in [9.17, 15) is 5.11 Å². The molecule has 2 rings (SSSR count). The molecule has 2 unspecified atom stereocenters. The summed E-state index contributed by atoms with van der Waals surface area (Å²) in [5, 5.41) is 16.7. The van der Waals surface area contributed by atoms with Crippen LogP contribution in [0.4, 0.5) is 0 Å². The molecule has 28 heavy (non-hydrogen) atoms. The van der Waals surface area contributed by atoms with E-state index in [1.165, 1.54) is 5.56 Å². The number of aliphatic hydroxyl groups excluding tert-OH is 1. The molecule has 0 aromatic heterocycles. The molecule has 2 aromatic carbocycles. The lowest BCUT2D eigenvalue weighted by atomic mass is 10.0. The van der Waals surface area contributed by atoms with Gasteiger partial charge in [0, 0.05) is 13.1 Å². The second-order valence-electron chi connectivity index (χ2n) is 6.57. The third-order valence-corrected chi connectivity index (χ3v) is 4.17. The molecular weight excluding hydrogens is 465 g/mol. The first kappa shape index (κ1) is 24.4. The van der Waals surface area contributed by atoms with Crippen molar-refractivity contribution in [1.29, 1.82) is 0 Å². The molecule has 0 aliphatic rings. The Morgan fingerprint density at radius 1 is 1.04 bits per heavy atom. The number of guanidine groups is 1. The van der Waals surface area contributed by atoms with Gasteiger partial charge in [-0.1, -0.05) is 67.6 Å². The lowest BCUT2D eigenvalue weighted by Gasteiger charge is -2.17. The van der Waals surface area contributed by atoms with Crippen molar-refractivity contribution < 1.29 is 9.84 Å². The van der Waals surface area contributed by atoms with E-state index in [2.05, 4.69) is 46.8 Å². The van der Waals surface area contributed by atoms with E-state index < -0.39 is 6.10 Å². The fraction of sp³-hybridized carbons (Fsp3) is 0.409. The first-order valence-corrected chi connectivity index (χ1v) is 9.56. The first-order chi connectivity index (χ1) is 13.2. The summed E-state index contributed by atoms with van der Waals surface area (Å²) in [5.41, 5.74) is 2.38. The molecule has 154 valence electrons. The number of benzene rings is 2. The summed E-state index contributed by atoms with van der Waals surface area (Å²) >= 11 is 0. The van der Waals surface area contributed by atoms with E-state index in [0.717, 1.165) is 18.7 Å². The Labute approximate surface area is 185 Å². The SMILES string of the molecule is CCNC(=NCC(O)COCc1ccccc1)NCC(C)c1ccccc1.I. The van der Waals surface area contributed by atoms with Crippen LogP contribution in [0.1, 0.15) is 30.9 Å². The fourth-order valence-electron chi connectivity index (χ4n) is 2.63. The van der Waals surface area contributed by atoms with Gasteiger partial charge in [0.05, 0.1) is 25.9 Å².